The van der Waals surface area contributed by atoms with E-state index in [4.69, 9.17) is 0 Å². The highest BCUT2D eigenvalue weighted by Crippen LogP contribution is 2.33. The van der Waals surface area contributed by atoms with Crippen molar-refractivity contribution in [1.82, 2.24) is 14.9 Å². The van der Waals surface area contributed by atoms with Gasteiger partial charge in [-0.15, -0.1) is 0 Å². The van der Waals surface area contributed by atoms with Crippen LogP contribution in [0.3, 0.4) is 0 Å². The third-order valence-electron chi connectivity index (χ3n) is 6.69. The van der Waals surface area contributed by atoms with E-state index >= 15 is 0 Å². The average molecular weight is 457 g/mol. The van der Waals surface area contributed by atoms with Gasteiger partial charge in [0.15, 0.2) is 5.83 Å². The van der Waals surface area contributed by atoms with Crippen LogP contribution in [0, 0.1) is 11.3 Å². The van der Waals surface area contributed by atoms with E-state index in [1.807, 2.05) is 6.07 Å². The zero-order chi connectivity index (χ0) is 23.7. The monoisotopic (exact) mass is 456 g/mol. The highest BCUT2D eigenvalue weighted by molar-refractivity contribution is 5.94. The molecule has 2 aliphatic rings. The lowest BCUT2D eigenvalue weighted by Gasteiger charge is -2.42. The number of hydrogen-bond acceptors (Lipinski definition) is 6. The molecule has 5 rings (SSSR count). The smallest absolute Gasteiger partial charge is 0.282 e. The van der Waals surface area contributed by atoms with Gasteiger partial charge in [-0.05, 0) is 17.9 Å². The third-order valence-corrected chi connectivity index (χ3v) is 6.69. The fourth-order valence-electron chi connectivity index (χ4n) is 5.05. The van der Waals surface area contributed by atoms with Crippen molar-refractivity contribution < 1.29 is 9.18 Å². The number of piperazine rings is 1. The van der Waals surface area contributed by atoms with Crippen molar-refractivity contribution in [2.45, 2.75) is 25.4 Å². The van der Waals surface area contributed by atoms with E-state index in [1.54, 1.807) is 6.33 Å². The Bertz CT molecular complexity index is 1300. The highest BCUT2D eigenvalue weighted by atomic mass is 19.1. The van der Waals surface area contributed by atoms with Crippen LogP contribution in [0.15, 0.2) is 61.2 Å². The average Bonchev–Trinajstić information content (AvgIpc) is 2.87. The number of benzene rings is 2. The van der Waals surface area contributed by atoms with E-state index < -0.39 is 17.8 Å². The predicted molar refractivity (Wildman–Crippen MR) is 129 cm³/mol. The van der Waals surface area contributed by atoms with Gasteiger partial charge in [0.2, 0.25) is 0 Å². The topological polar surface area (TPSA) is 76.4 Å². The summed E-state index contributed by atoms with van der Waals surface area (Å²) in [5, 5.41) is 11.7. The normalized spacial score (nSPS) is 17.9. The third kappa shape index (κ3) is 3.94. The van der Waals surface area contributed by atoms with Crippen molar-refractivity contribution in [3.8, 4) is 6.07 Å². The first kappa shape index (κ1) is 21.8. The molecule has 172 valence electrons. The van der Waals surface area contributed by atoms with Gasteiger partial charge < -0.3 is 14.7 Å². The van der Waals surface area contributed by atoms with Gasteiger partial charge in [-0.3, -0.25) is 4.79 Å². The molecule has 1 aromatic heterocycles. The Morgan fingerprint density at radius 3 is 2.76 bits per heavy atom. The molecular formula is C26H25FN6O. The van der Waals surface area contributed by atoms with Gasteiger partial charge in [-0.25, -0.2) is 14.4 Å². The Labute approximate surface area is 197 Å². The first-order valence-corrected chi connectivity index (χ1v) is 11.4. The van der Waals surface area contributed by atoms with Crippen LogP contribution in [0.2, 0.25) is 0 Å². The van der Waals surface area contributed by atoms with Gasteiger partial charge in [0.1, 0.15) is 12.1 Å². The molecule has 2 aliphatic heterocycles. The molecule has 3 heterocycles. The molecule has 1 fully saturated rings. The van der Waals surface area contributed by atoms with Gasteiger partial charge >= 0.3 is 0 Å². The van der Waals surface area contributed by atoms with Crippen molar-refractivity contribution >= 4 is 28.2 Å². The summed E-state index contributed by atoms with van der Waals surface area (Å²) in [4.78, 5) is 27.3. The Hall–Kier alpha value is -3.99. The fraction of sp³-hybridized carbons (Fsp3) is 0.308. The minimum atomic E-state index is -0.996. The van der Waals surface area contributed by atoms with Crippen molar-refractivity contribution in [2.75, 3.05) is 36.0 Å². The number of carbonyl (C=O) groups excluding carboxylic acids is 1. The molecule has 2 aromatic carbocycles. The molecule has 7 nitrogen and oxygen atoms in total. The summed E-state index contributed by atoms with van der Waals surface area (Å²) in [5.74, 6) is -0.892. The second-order valence-electron chi connectivity index (χ2n) is 8.66. The van der Waals surface area contributed by atoms with Crippen LogP contribution < -0.4 is 9.80 Å². The van der Waals surface area contributed by atoms with E-state index in [1.165, 1.54) is 21.4 Å². The number of aromatic nitrogens is 2. The number of hydrogen-bond donors (Lipinski definition) is 0. The van der Waals surface area contributed by atoms with Crippen LogP contribution in [-0.4, -0.2) is 53.0 Å². The first-order chi connectivity index (χ1) is 16.6. The van der Waals surface area contributed by atoms with E-state index in [2.05, 4.69) is 68.8 Å². The molecule has 1 amide bonds. The number of carbonyl (C=O) groups is 1. The van der Waals surface area contributed by atoms with E-state index in [9.17, 15) is 14.4 Å². The van der Waals surface area contributed by atoms with Gasteiger partial charge in [-0.1, -0.05) is 43.0 Å². The minimum Gasteiger partial charge on any atom is -0.365 e. The van der Waals surface area contributed by atoms with Gasteiger partial charge in [0.05, 0.1) is 30.8 Å². The summed E-state index contributed by atoms with van der Waals surface area (Å²) in [5.41, 5.74) is 3.28. The van der Waals surface area contributed by atoms with Crippen LogP contribution in [0.1, 0.15) is 17.7 Å². The van der Waals surface area contributed by atoms with Crippen LogP contribution in [0.5, 0.6) is 0 Å². The number of amides is 1. The first-order valence-electron chi connectivity index (χ1n) is 11.4. The van der Waals surface area contributed by atoms with Gasteiger partial charge in [0.25, 0.3) is 5.91 Å². The van der Waals surface area contributed by atoms with Gasteiger partial charge in [-0.2, -0.15) is 5.26 Å². The molecule has 0 aliphatic carbocycles. The summed E-state index contributed by atoms with van der Waals surface area (Å²) < 4.78 is 13.5. The van der Waals surface area contributed by atoms with Crippen molar-refractivity contribution in [3.05, 3.63) is 72.5 Å². The number of anilines is 2. The van der Waals surface area contributed by atoms with Crippen molar-refractivity contribution in [3.63, 3.8) is 0 Å². The Morgan fingerprint density at radius 1 is 1.12 bits per heavy atom. The predicted octanol–water partition coefficient (Wildman–Crippen LogP) is 3.61. The van der Waals surface area contributed by atoms with Crippen LogP contribution in [0.4, 0.5) is 15.9 Å². The maximum absolute atomic E-state index is 13.5. The molecule has 3 aromatic rings. The molecule has 8 heteroatoms. The standard InChI is InChI=1S/C26H25FN6O/c1-18(27)26(34)33-14-13-32(15-20(33)9-11-28)25-22-10-12-31(16-23(22)29-17-30-25)24-8-4-6-19-5-2-3-7-21(19)24/h2-8,17,20H,1,9-10,12-16H2. The van der Waals surface area contributed by atoms with Gasteiger partial charge in [0, 0.05) is 42.8 Å². The molecular weight excluding hydrogens is 431 g/mol. The van der Waals surface area contributed by atoms with E-state index in [0.717, 1.165) is 30.0 Å². The molecule has 1 saturated heterocycles. The second kappa shape index (κ2) is 9.10. The SMILES string of the molecule is C=C(F)C(=O)N1CCN(c2ncnc3c2CCN(c2cccc4ccccc24)C3)CC1CC#N. The maximum Gasteiger partial charge on any atom is 0.282 e. The van der Waals surface area contributed by atoms with Crippen LogP contribution in [0.25, 0.3) is 10.8 Å². The Morgan fingerprint density at radius 2 is 1.94 bits per heavy atom. The quantitative estimate of drug-likeness (QED) is 0.559. The van der Waals surface area contributed by atoms with E-state index in [-0.39, 0.29) is 6.42 Å². The molecule has 0 radical (unpaired) electrons. The number of fused-ring (bicyclic) bond motifs is 2. The molecule has 1 atom stereocenters. The number of rotatable bonds is 4. The lowest BCUT2D eigenvalue weighted by molar-refractivity contribution is -0.131. The van der Waals surface area contributed by atoms with E-state index in [0.29, 0.717) is 26.2 Å². The summed E-state index contributed by atoms with van der Waals surface area (Å²) in [7, 11) is 0. The largest absolute Gasteiger partial charge is 0.365 e. The maximum atomic E-state index is 13.5. The van der Waals surface area contributed by atoms with Crippen LogP contribution >= 0.6 is 0 Å². The highest BCUT2D eigenvalue weighted by Gasteiger charge is 2.34. The molecule has 34 heavy (non-hydrogen) atoms. The Kier molecular flexibility index (Phi) is 5.84. The summed E-state index contributed by atoms with van der Waals surface area (Å²) in [6, 6.07) is 16.4. The number of nitrogens with zero attached hydrogens (tertiary/aromatic N) is 6. The van der Waals surface area contributed by atoms with Crippen molar-refractivity contribution in [2.24, 2.45) is 0 Å². The van der Waals surface area contributed by atoms with Crippen LogP contribution in [-0.2, 0) is 17.8 Å². The molecule has 0 spiro atoms. The summed E-state index contributed by atoms with van der Waals surface area (Å²) in [6.07, 6.45) is 2.50. The minimum absolute atomic E-state index is 0.123. The number of nitriles is 1. The molecule has 1 unspecified atom stereocenters. The Balaban J connectivity index is 1.40. The lowest BCUT2D eigenvalue weighted by atomic mass is 10.0. The van der Waals surface area contributed by atoms with Crippen molar-refractivity contribution in [1.29, 1.82) is 5.26 Å². The zero-order valence-corrected chi connectivity index (χ0v) is 18.8. The molecule has 0 N–H and O–H groups in total. The number of halogens is 1. The molecule has 0 bridgehead atoms. The zero-order valence-electron chi connectivity index (χ0n) is 18.8. The summed E-state index contributed by atoms with van der Waals surface area (Å²) in [6.45, 7) is 5.89. The fourth-order valence-corrected chi connectivity index (χ4v) is 5.05. The second-order valence-corrected chi connectivity index (χ2v) is 8.66. The molecule has 0 saturated carbocycles. The lowest BCUT2D eigenvalue weighted by Crippen LogP contribution is -2.55. The summed E-state index contributed by atoms with van der Waals surface area (Å²) >= 11 is 0.